The third-order valence-corrected chi connectivity index (χ3v) is 4.44. The van der Waals surface area contributed by atoms with E-state index >= 15 is 0 Å². The average molecular weight is 298 g/mol. The van der Waals surface area contributed by atoms with Crippen molar-refractivity contribution in [1.29, 1.82) is 0 Å². The molecule has 1 heterocycles. The minimum atomic E-state index is -3.91. The second-order valence-electron chi connectivity index (χ2n) is 4.19. The number of sulfone groups is 1. The van der Waals surface area contributed by atoms with E-state index in [1.54, 1.807) is 0 Å². The Hall–Kier alpha value is -2.15. The number of benzene rings is 1. The van der Waals surface area contributed by atoms with Gasteiger partial charge in [0.15, 0.2) is 9.84 Å². The Kier molecular flexibility index (Phi) is 3.63. The van der Waals surface area contributed by atoms with Crippen molar-refractivity contribution in [2.24, 2.45) is 0 Å². The number of carboxylic acid groups (broad SMARTS) is 1. The number of rotatable bonds is 4. The summed E-state index contributed by atoms with van der Waals surface area (Å²) >= 11 is 0. The van der Waals surface area contributed by atoms with E-state index in [0.717, 1.165) is 18.2 Å². The van der Waals surface area contributed by atoms with Crippen LogP contribution in [0.25, 0.3) is 0 Å². The fourth-order valence-electron chi connectivity index (χ4n) is 1.75. The van der Waals surface area contributed by atoms with Crippen molar-refractivity contribution < 1.29 is 27.1 Å². The first kappa shape index (κ1) is 14.3. The second kappa shape index (κ2) is 5.09. The van der Waals surface area contributed by atoms with Crippen molar-refractivity contribution in [2.75, 3.05) is 0 Å². The highest BCUT2D eigenvalue weighted by atomic mass is 32.2. The number of aryl methyl sites for hydroxylation is 1. The van der Waals surface area contributed by atoms with Gasteiger partial charge in [0.05, 0.1) is 5.75 Å². The van der Waals surface area contributed by atoms with E-state index in [0.29, 0.717) is 0 Å². The zero-order valence-electron chi connectivity index (χ0n) is 10.5. The molecule has 0 amide bonds. The lowest BCUT2D eigenvalue weighted by atomic mass is 10.3. The smallest absolute Gasteiger partial charge is 0.371 e. The molecule has 0 fully saturated rings. The molecule has 0 aliphatic heterocycles. The van der Waals surface area contributed by atoms with Gasteiger partial charge in [0.1, 0.15) is 16.5 Å². The van der Waals surface area contributed by atoms with Crippen molar-refractivity contribution in [3.8, 4) is 0 Å². The topological polar surface area (TPSA) is 84.6 Å². The van der Waals surface area contributed by atoms with Gasteiger partial charge in [-0.25, -0.2) is 17.6 Å². The van der Waals surface area contributed by atoms with Gasteiger partial charge in [-0.3, -0.25) is 0 Å². The van der Waals surface area contributed by atoms with E-state index in [1.807, 2.05) is 0 Å². The molecular weight excluding hydrogens is 287 g/mol. The van der Waals surface area contributed by atoms with Gasteiger partial charge in [-0.2, -0.15) is 0 Å². The van der Waals surface area contributed by atoms with Crippen LogP contribution in [-0.2, 0) is 15.6 Å². The van der Waals surface area contributed by atoms with Gasteiger partial charge in [0.2, 0.25) is 5.76 Å². The molecule has 1 N–H and O–H groups in total. The number of halogens is 1. The molecule has 0 bridgehead atoms. The molecule has 0 aliphatic rings. The van der Waals surface area contributed by atoms with E-state index in [4.69, 9.17) is 9.52 Å². The summed E-state index contributed by atoms with van der Waals surface area (Å²) in [6.45, 7) is 1.46. The summed E-state index contributed by atoms with van der Waals surface area (Å²) < 4.78 is 42.7. The second-order valence-corrected chi connectivity index (χ2v) is 6.14. The Morgan fingerprint density at radius 2 is 2.00 bits per heavy atom. The van der Waals surface area contributed by atoms with E-state index in [9.17, 15) is 17.6 Å². The lowest BCUT2D eigenvalue weighted by Gasteiger charge is -2.04. The summed E-state index contributed by atoms with van der Waals surface area (Å²) in [5.74, 6) is -2.81. The number of hydrogen-bond acceptors (Lipinski definition) is 4. The van der Waals surface area contributed by atoms with Crippen LogP contribution < -0.4 is 0 Å². The van der Waals surface area contributed by atoms with Crippen LogP contribution in [0.5, 0.6) is 0 Å². The fraction of sp³-hybridized carbons (Fsp3) is 0.154. The Morgan fingerprint density at radius 1 is 1.35 bits per heavy atom. The first-order chi connectivity index (χ1) is 9.31. The Balaban J connectivity index is 2.39. The standard InChI is InChI=1S/C13H11FO5S/c1-8-9(6-11(19-8)13(15)16)7-20(17,18)12-5-3-2-4-10(12)14/h2-6H,7H2,1H3,(H,15,16). The molecule has 0 aliphatic carbocycles. The molecular formula is C13H11FO5S. The molecule has 0 radical (unpaired) electrons. The molecule has 2 rings (SSSR count). The fourth-order valence-corrected chi connectivity index (χ4v) is 3.25. The van der Waals surface area contributed by atoms with Gasteiger partial charge < -0.3 is 9.52 Å². The molecule has 20 heavy (non-hydrogen) atoms. The highest BCUT2D eigenvalue weighted by Gasteiger charge is 2.23. The SMILES string of the molecule is Cc1oc(C(=O)O)cc1CS(=O)(=O)c1ccccc1F. The van der Waals surface area contributed by atoms with Crippen LogP contribution in [-0.4, -0.2) is 19.5 Å². The zero-order valence-corrected chi connectivity index (χ0v) is 11.3. The van der Waals surface area contributed by atoms with Gasteiger partial charge in [-0.05, 0) is 25.1 Å². The summed E-state index contributed by atoms with van der Waals surface area (Å²) in [5, 5.41) is 8.78. The van der Waals surface area contributed by atoms with Crippen LogP contribution in [0.15, 0.2) is 39.6 Å². The largest absolute Gasteiger partial charge is 0.475 e. The Morgan fingerprint density at radius 3 is 2.55 bits per heavy atom. The van der Waals surface area contributed by atoms with Crippen molar-refractivity contribution in [1.82, 2.24) is 0 Å². The van der Waals surface area contributed by atoms with E-state index in [-0.39, 0.29) is 17.1 Å². The molecule has 0 unspecified atom stereocenters. The monoisotopic (exact) mass is 298 g/mol. The lowest BCUT2D eigenvalue weighted by molar-refractivity contribution is 0.0661. The van der Waals surface area contributed by atoms with Gasteiger partial charge in [-0.1, -0.05) is 12.1 Å². The third kappa shape index (κ3) is 2.72. The minimum absolute atomic E-state index is 0.183. The molecule has 5 nitrogen and oxygen atoms in total. The maximum absolute atomic E-state index is 13.5. The zero-order chi connectivity index (χ0) is 14.9. The van der Waals surface area contributed by atoms with Crippen LogP contribution >= 0.6 is 0 Å². The number of hydrogen-bond donors (Lipinski definition) is 1. The number of carboxylic acids is 1. The van der Waals surface area contributed by atoms with E-state index in [1.165, 1.54) is 19.1 Å². The Bertz CT molecular complexity index is 761. The molecule has 0 saturated heterocycles. The molecule has 1 aromatic heterocycles. The van der Waals surface area contributed by atoms with Gasteiger partial charge in [0.25, 0.3) is 0 Å². The van der Waals surface area contributed by atoms with Crippen molar-refractivity contribution >= 4 is 15.8 Å². The average Bonchev–Trinajstić information content (AvgIpc) is 2.71. The normalized spacial score (nSPS) is 11.5. The highest BCUT2D eigenvalue weighted by molar-refractivity contribution is 7.90. The molecule has 2 aromatic rings. The van der Waals surface area contributed by atoms with Gasteiger partial charge in [0, 0.05) is 5.56 Å². The van der Waals surface area contributed by atoms with E-state index in [2.05, 4.69) is 0 Å². The highest BCUT2D eigenvalue weighted by Crippen LogP contribution is 2.23. The quantitative estimate of drug-likeness (QED) is 0.937. The predicted octanol–water partition coefficient (Wildman–Crippen LogP) is 2.40. The van der Waals surface area contributed by atoms with Crippen LogP contribution in [0.1, 0.15) is 21.9 Å². The summed E-state index contributed by atoms with van der Waals surface area (Å²) in [6.07, 6.45) is 0. The summed E-state index contributed by atoms with van der Waals surface area (Å²) in [4.78, 5) is 10.3. The van der Waals surface area contributed by atoms with Gasteiger partial charge in [-0.15, -0.1) is 0 Å². The summed E-state index contributed by atoms with van der Waals surface area (Å²) in [7, 11) is -3.91. The van der Waals surface area contributed by atoms with Crippen molar-refractivity contribution in [3.05, 3.63) is 53.2 Å². The minimum Gasteiger partial charge on any atom is -0.475 e. The first-order valence-electron chi connectivity index (χ1n) is 5.61. The maximum Gasteiger partial charge on any atom is 0.371 e. The van der Waals surface area contributed by atoms with Crippen LogP contribution in [0.2, 0.25) is 0 Å². The number of aromatic carboxylic acids is 1. The summed E-state index contributed by atoms with van der Waals surface area (Å²) in [5.41, 5.74) is 0.200. The van der Waals surface area contributed by atoms with Gasteiger partial charge >= 0.3 is 5.97 Å². The van der Waals surface area contributed by atoms with Crippen LogP contribution in [0.4, 0.5) is 4.39 Å². The molecule has 7 heteroatoms. The molecule has 0 atom stereocenters. The number of furan rings is 1. The number of carbonyl (C=O) groups is 1. The summed E-state index contributed by atoms with van der Waals surface area (Å²) in [6, 6.07) is 6.16. The molecule has 106 valence electrons. The first-order valence-corrected chi connectivity index (χ1v) is 7.26. The van der Waals surface area contributed by atoms with E-state index < -0.39 is 32.3 Å². The predicted molar refractivity (Wildman–Crippen MR) is 67.7 cm³/mol. The van der Waals surface area contributed by atoms with Crippen LogP contribution in [0.3, 0.4) is 0 Å². The van der Waals surface area contributed by atoms with Crippen molar-refractivity contribution in [3.63, 3.8) is 0 Å². The maximum atomic E-state index is 13.5. The molecule has 1 aromatic carbocycles. The molecule has 0 saturated carbocycles. The van der Waals surface area contributed by atoms with Crippen molar-refractivity contribution in [2.45, 2.75) is 17.6 Å². The molecule has 0 spiro atoms. The Labute approximate surface area is 114 Å². The third-order valence-electron chi connectivity index (χ3n) is 2.75. The van der Waals surface area contributed by atoms with Crippen LogP contribution in [0, 0.1) is 12.7 Å². The lowest BCUT2D eigenvalue weighted by Crippen LogP contribution is -2.07.